The summed E-state index contributed by atoms with van der Waals surface area (Å²) >= 11 is 0. The molecule has 1 aromatic rings. The minimum atomic E-state index is -4.16. The fourth-order valence-corrected chi connectivity index (χ4v) is 5.02. The number of rotatable bonds is 7. The second-order valence-corrected chi connectivity index (χ2v) is 8.94. The number of aromatic hydroxyl groups is 1. The zero-order valence-electron chi connectivity index (χ0n) is 15.4. The summed E-state index contributed by atoms with van der Waals surface area (Å²) < 4.78 is 40.7. The van der Waals surface area contributed by atoms with Crippen LogP contribution in [0.2, 0.25) is 0 Å². The van der Waals surface area contributed by atoms with Crippen LogP contribution in [0.25, 0.3) is 0 Å². The highest BCUT2D eigenvalue weighted by atomic mass is 32.2. The van der Waals surface area contributed by atoms with Crippen molar-refractivity contribution in [2.45, 2.75) is 39.0 Å². The van der Waals surface area contributed by atoms with Gasteiger partial charge in [0.1, 0.15) is 18.0 Å². The molecule has 150 valence electrons. The van der Waals surface area contributed by atoms with E-state index >= 15 is 0 Å². The molecule has 0 aliphatic carbocycles. The van der Waals surface area contributed by atoms with Crippen molar-refractivity contribution in [1.82, 2.24) is 9.62 Å². The lowest BCUT2D eigenvalue weighted by Gasteiger charge is -2.19. The average Bonchev–Trinajstić information content (AvgIpc) is 3.10. The van der Waals surface area contributed by atoms with E-state index in [1.54, 1.807) is 4.72 Å². The maximum Gasteiger partial charge on any atom is 0.326 e. The van der Waals surface area contributed by atoms with E-state index < -0.39 is 39.9 Å². The van der Waals surface area contributed by atoms with Crippen molar-refractivity contribution in [2.75, 3.05) is 30.5 Å². The van der Waals surface area contributed by atoms with Gasteiger partial charge >= 0.3 is 10.2 Å². The van der Waals surface area contributed by atoms with Gasteiger partial charge in [-0.1, -0.05) is 19.8 Å². The Morgan fingerprint density at radius 1 is 1.33 bits per heavy atom. The number of carbonyl (C=O) groups is 1. The standard InChI is InChI=1S/C18H26FN3O4S/c1-2-3-4-6-21-7-5-13(11-21)8-14-9-15(19)18(16(23)10-14)22-12-17(24)20-27(22,25)26/h9-10,13,23H,2-8,11-12H2,1H3,(H,20,24). The van der Waals surface area contributed by atoms with E-state index in [1.165, 1.54) is 31.4 Å². The Hall–Kier alpha value is -1.87. The first-order valence-electron chi connectivity index (χ1n) is 9.37. The Bertz CT molecular complexity index is 792. The number of carbonyl (C=O) groups excluding carboxylic acids is 1. The van der Waals surface area contributed by atoms with Crippen LogP contribution in [0.1, 0.15) is 38.2 Å². The fraction of sp³-hybridized carbons (Fsp3) is 0.611. The topological polar surface area (TPSA) is 89.9 Å². The minimum absolute atomic E-state index is 0.384. The molecule has 3 rings (SSSR count). The van der Waals surface area contributed by atoms with Gasteiger partial charge in [-0.05, 0) is 56.0 Å². The van der Waals surface area contributed by atoms with Crippen LogP contribution in [0.4, 0.5) is 10.1 Å². The molecule has 2 fully saturated rings. The van der Waals surface area contributed by atoms with Gasteiger partial charge in [-0.15, -0.1) is 0 Å². The number of anilines is 1. The molecule has 0 spiro atoms. The molecule has 2 saturated heterocycles. The van der Waals surface area contributed by atoms with E-state index in [2.05, 4.69) is 11.8 Å². The zero-order chi connectivity index (χ0) is 19.6. The van der Waals surface area contributed by atoms with Gasteiger partial charge in [0.25, 0.3) is 5.91 Å². The molecule has 0 aromatic heterocycles. The fourth-order valence-electron chi connectivity index (χ4n) is 3.85. The molecule has 2 aliphatic rings. The van der Waals surface area contributed by atoms with Crippen molar-refractivity contribution in [3.05, 3.63) is 23.5 Å². The van der Waals surface area contributed by atoms with Gasteiger partial charge in [0.15, 0.2) is 5.82 Å². The Balaban J connectivity index is 1.68. The molecule has 0 radical (unpaired) electrons. The summed E-state index contributed by atoms with van der Waals surface area (Å²) in [6, 6.07) is 2.66. The van der Waals surface area contributed by atoms with Crippen molar-refractivity contribution in [2.24, 2.45) is 5.92 Å². The first kappa shape index (κ1) is 19.9. The van der Waals surface area contributed by atoms with Gasteiger partial charge in [-0.2, -0.15) is 8.42 Å². The number of hydrogen-bond acceptors (Lipinski definition) is 5. The maximum absolute atomic E-state index is 14.6. The van der Waals surface area contributed by atoms with Gasteiger partial charge in [-0.3, -0.25) is 4.79 Å². The third kappa shape index (κ3) is 4.52. The normalized spacial score (nSPS) is 22.4. The van der Waals surface area contributed by atoms with Crippen LogP contribution in [-0.4, -0.2) is 50.5 Å². The van der Waals surface area contributed by atoms with Crippen LogP contribution < -0.4 is 9.03 Å². The average molecular weight is 399 g/mol. The summed E-state index contributed by atoms with van der Waals surface area (Å²) in [7, 11) is -4.16. The number of nitrogens with one attached hydrogen (secondary N) is 1. The predicted molar refractivity (Wildman–Crippen MR) is 100 cm³/mol. The molecule has 1 amide bonds. The number of benzene rings is 1. The molecule has 1 aromatic carbocycles. The van der Waals surface area contributed by atoms with Crippen LogP contribution >= 0.6 is 0 Å². The molecule has 9 heteroatoms. The largest absolute Gasteiger partial charge is 0.506 e. The maximum atomic E-state index is 14.6. The summed E-state index contributed by atoms with van der Waals surface area (Å²) in [5.41, 5.74) is 0.148. The van der Waals surface area contributed by atoms with Crippen molar-refractivity contribution in [3.8, 4) is 5.75 Å². The molecule has 2 aliphatic heterocycles. The van der Waals surface area contributed by atoms with Gasteiger partial charge in [0.05, 0.1) is 0 Å². The second kappa shape index (κ2) is 8.02. The molecular weight excluding hydrogens is 373 g/mol. The summed E-state index contributed by atoms with van der Waals surface area (Å²) in [6.07, 6.45) is 5.24. The molecule has 1 unspecified atom stereocenters. The second-order valence-electron chi connectivity index (χ2n) is 7.35. The molecule has 2 heterocycles. The predicted octanol–water partition coefficient (Wildman–Crippen LogP) is 1.77. The summed E-state index contributed by atoms with van der Waals surface area (Å²) in [5.74, 6) is -1.69. The van der Waals surface area contributed by atoms with E-state index in [9.17, 15) is 22.7 Å². The van der Waals surface area contributed by atoms with Crippen LogP contribution in [0, 0.1) is 11.7 Å². The van der Waals surface area contributed by atoms with Crippen molar-refractivity contribution < 1.29 is 22.7 Å². The van der Waals surface area contributed by atoms with Crippen LogP contribution in [0.3, 0.4) is 0 Å². The molecule has 1 atom stereocenters. The first-order valence-corrected chi connectivity index (χ1v) is 10.8. The highest BCUT2D eigenvalue weighted by Crippen LogP contribution is 2.35. The minimum Gasteiger partial charge on any atom is -0.506 e. The molecular formula is C18H26FN3O4S. The van der Waals surface area contributed by atoms with E-state index in [4.69, 9.17) is 0 Å². The summed E-state index contributed by atoms with van der Waals surface area (Å²) in [4.78, 5) is 13.8. The summed E-state index contributed by atoms with van der Waals surface area (Å²) in [5, 5.41) is 10.2. The SMILES string of the molecule is CCCCCN1CCC(Cc2cc(O)c(N3CC(=O)NS3(=O)=O)c(F)c2)C1. The number of unbranched alkanes of at least 4 members (excludes halogenated alkanes) is 2. The quantitative estimate of drug-likeness (QED) is 0.682. The number of phenolic OH excluding ortho intramolecular Hbond substituents is 1. The number of halogens is 1. The third-order valence-corrected chi connectivity index (χ3v) is 6.52. The highest BCUT2D eigenvalue weighted by Gasteiger charge is 2.37. The monoisotopic (exact) mass is 399 g/mol. The highest BCUT2D eigenvalue weighted by molar-refractivity contribution is 7.92. The first-order chi connectivity index (χ1) is 12.8. The number of phenols is 1. The zero-order valence-corrected chi connectivity index (χ0v) is 16.3. The number of hydrogen-bond donors (Lipinski definition) is 2. The molecule has 2 N–H and O–H groups in total. The van der Waals surface area contributed by atoms with Gasteiger partial charge in [-0.25, -0.2) is 13.4 Å². The summed E-state index contributed by atoms with van der Waals surface area (Å²) in [6.45, 7) is 4.70. The van der Waals surface area contributed by atoms with Crippen LogP contribution in [-0.2, 0) is 21.4 Å². The lowest BCUT2D eigenvalue weighted by molar-refractivity contribution is -0.117. The number of nitrogens with zero attached hydrogens (tertiary/aromatic N) is 2. The van der Waals surface area contributed by atoms with Crippen LogP contribution in [0.15, 0.2) is 12.1 Å². The van der Waals surface area contributed by atoms with Gasteiger partial charge in [0, 0.05) is 6.54 Å². The van der Waals surface area contributed by atoms with E-state index in [0.29, 0.717) is 22.2 Å². The van der Waals surface area contributed by atoms with Crippen molar-refractivity contribution in [3.63, 3.8) is 0 Å². The Morgan fingerprint density at radius 3 is 2.74 bits per heavy atom. The lowest BCUT2D eigenvalue weighted by atomic mass is 9.98. The molecule has 0 saturated carbocycles. The Kier molecular flexibility index (Phi) is 5.90. The molecule has 7 nitrogen and oxygen atoms in total. The van der Waals surface area contributed by atoms with Crippen molar-refractivity contribution >= 4 is 21.8 Å². The van der Waals surface area contributed by atoms with Crippen LogP contribution in [0.5, 0.6) is 5.75 Å². The van der Waals surface area contributed by atoms with E-state index in [0.717, 1.165) is 26.1 Å². The number of likely N-dealkylation sites (tertiary alicyclic amines) is 1. The van der Waals surface area contributed by atoms with E-state index in [1.807, 2.05) is 0 Å². The van der Waals surface area contributed by atoms with Gasteiger partial charge < -0.3 is 10.0 Å². The van der Waals surface area contributed by atoms with Crippen molar-refractivity contribution in [1.29, 1.82) is 0 Å². The Labute approximate surface area is 159 Å². The molecule has 27 heavy (non-hydrogen) atoms. The third-order valence-electron chi connectivity index (χ3n) is 5.14. The smallest absolute Gasteiger partial charge is 0.326 e. The lowest BCUT2D eigenvalue weighted by Crippen LogP contribution is -2.30. The van der Waals surface area contributed by atoms with E-state index in [-0.39, 0.29) is 0 Å². The van der Waals surface area contributed by atoms with Gasteiger partial charge in [0.2, 0.25) is 0 Å². The molecule has 0 bridgehead atoms. The Morgan fingerprint density at radius 2 is 2.11 bits per heavy atom. The number of amides is 1.